The van der Waals surface area contributed by atoms with Gasteiger partial charge in [0.25, 0.3) is 0 Å². The van der Waals surface area contributed by atoms with Crippen molar-refractivity contribution in [3.8, 4) is 0 Å². The first-order valence-corrected chi connectivity index (χ1v) is 5.36. The molecular weight excluding hydrogens is 223 g/mol. The van der Waals surface area contributed by atoms with Crippen LogP contribution in [0.4, 0.5) is 0 Å². The van der Waals surface area contributed by atoms with Crippen LogP contribution >= 0.6 is 8.25 Å². The highest BCUT2D eigenvalue weighted by Crippen LogP contribution is 2.19. The van der Waals surface area contributed by atoms with Crippen LogP contribution in [0.5, 0.6) is 0 Å². The number of rotatable bonds is 3. The average Bonchev–Trinajstić information content (AvgIpc) is 2.00. The second-order valence-corrected chi connectivity index (χ2v) is 4.60. The van der Waals surface area contributed by atoms with E-state index >= 15 is 0 Å². The van der Waals surface area contributed by atoms with Crippen LogP contribution in [0.3, 0.4) is 0 Å². The van der Waals surface area contributed by atoms with Crippen LogP contribution in [0.1, 0.15) is 27.7 Å². The van der Waals surface area contributed by atoms with Crippen LogP contribution in [0, 0.1) is 5.41 Å². The third kappa shape index (κ3) is 5.44. The standard InChI is InChI=1S/C8H13O6P/c1-5(6(9)14-15(11)12)13-7(10)8(2,3)4/h5H,1-4H3/p+1/t5-/m0/s1. The molecule has 6 nitrogen and oxygen atoms in total. The average molecular weight is 237 g/mol. The smallest absolute Gasteiger partial charge is 0.450 e. The molecule has 0 radical (unpaired) electrons. The van der Waals surface area contributed by atoms with E-state index < -0.39 is 31.7 Å². The van der Waals surface area contributed by atoms with E-state index in [1.165, 1.54) is 6.92 Å². The Bertz CT molecular complexity index is 279. The number of hydrogen-bond acceptors (Lipinski definition) is 5. The third-order valence-corrected chi connectivity index (χ3v) is 1.73. The van der Waals surface area contributed by atoms with E-state index in [4.69, 9.17) is 9.63 Å². The molecule has 1 unspecified atom stereocenters. The van der Waals surface area contributed by atoms with Crippen molar-refractivity contribution in [3.63, 3.8) is 0 Å². The van der Waals surface area contributed by atoms with Crippen LogP contribution in [-0.2, 0) is 23.4 Å². The Balaban J connectivity index is 4.26. The Morgan fingerprint density at radius 2 is 1.80 bits per heavy atom. The molecule has 86 valence electrons. The summed E-state index contributed by atoms with van der Waals surface area (Å²) in [4.78, 5) is 30.6. The molecule has 1 N–H and O–H groups in total. The molecule has 0 bridgehead atoms. The van der Waals surface area contributed by atoms with Gasteiger partial charge in [-0.25, -0.2) is 4.79 Å². The highest BCUT2D eigenvalue weighted by molar-refractivity contribution is 7.32. The van der Waals surface area contributed by atoms with E-state index in [0.717, 1.165) is 0 Å². The quantitative estimate of drug-likeness (QED) is 0.585. The lowest BCUT2D eigenvalue weighted by Gasteiger charge is -2.18. The fourth-order valence-corrected chi connectivity index (χ4v) is 0.839. The zero-order valence-electron chi connectivity index (χ0n) is 9.01. The van der Waals surface area contributed by atoms with E-state index in [2.05, 4.69) is 4.52 Å². The maximum Gasteiger partial charge on any atom is 0.750 e. The van der Waals surface area contributed by atoms with Crippen molar-refractivity contribution in [2.75, 3.05) is 0 Å². The summed E-state index contributed by atoms with van der Waals surface area (Å²) in [6.45, 7) is 6.14. The molecule has 0 amide bonds. The molecular formula is C8H14O6P+. The fraction of sp³-hybridized carbons (Fsp3) is 0.750. The molecule has 0 heterocycles. The molecule has 0 aliphatic rings. The summed E-state index contributed by atoms with van der Waals surface area (Å²) in [5, 5.41) is 0. The maximum atomic E-state index is 11.3. The van der Waals surface area contributed by atoms with E-state index in [1.54, 1.807) is 20.8 Å². The zero-order valence-corrected chi connectivity index (χ0v) is 9.91. The van der Waals surface area contributed by atoms with Crippen molar-refractivity contribution in [2.24, 2.45) is 5.41 Å². The molecule has 0 rings (SSSR count). The van der Waals surface area contributed by atoms with Gasteiger partial charge in [0, 0.05) is 4.57 Å². The van der Waals surface area contributed by atoms with Crippen LogP contribution in [0.2, 0.25) is 0 Å². The monoisotopic (exact) mass is 237 g/mol. The highest BCUT2D eigenvalue weighted by Gasteiger charge is 2.32. The summed E-state index contributed by atoms with van der Waals surface area (Å²) < 4.78 is 18.9. The van der Waals surface area contributed by atoms with Crippen molar-refractivity contribution in [2.45, 2.75) is 33.8 Å². The van der Waals surface area contributed by atoms with E-state index in [0.29, 0.717) is 0 Å². The van der Waals surface area contributed by atoms with Gasteiger partial charge in [-0.2, -0.15) is 4.52 Å². The summed E-state index contributed by atoms with van der Waals surface area (Å²) in [5.41, 5.74) is -0.740. The Kier molecular flexibility index (Phi) is 4.84. The SMILES string of the molecule is C[C@H](OC(=O)C(C)(C)C)C(=O)O[P+](=O)O. The summed E-state index contributed by atoms with van der Waals surface area (Å²) in [6, 6.07) is 0. The number of hydrogen-bond donors (Lipinski definition) is 1. The molecule has 0 aliphatic carbocycles. The van der Waals surface area contributed by atoms with Crippen molar-refractivity contribution < 1.29 is 28.3 Å². The number of esters is 1. The van der Waals surface area contributed by atoms with Gasteiger partial charge in [0.1, 0.15) is 0 Å². The first kappa shape index (κ1) is 14.0. The van der Waals surface area contributed by atoms with E-state index in [9.17, 15) is 14.2 Å². The Morgan fingerprint density at radius 3 is 2.13 bits per heavy atom. The lowest BCUT2D eigenvalue weighted by Crippen LogP contribution is -2.31. The van der Waals surface area contributed by atoms with Gasteiger partial charge < -0.3 is 4.74 Å². The van der Waals surface area contributed by atoms with Gasteiger partial charge in [-0.1, -0.05) is 0 Å². The second kappa shape index (κ2) is 5.19. The van der Waals surface area contributed by atoms with Crippen LogP contribution in [-0.4, -0.2) is 22.9 Å². The van der Waals surface area contributed by atoms with Crippen LogP contribution < -0.4 is 0 Å². The fourth-order valence-electron chi connectivity index (χ4n) is 0.537. The Hall–Kier alpha value is -1.00. The molecule has 15 heavy (non-hydrogen) atoms. The number of ether oxygens (including phenoxy) is 1. The van der Waals surface area contributed by atoms with Gasteiger partial charge >= 0.3 is 20.2 Å². The van der Waals surface area contributed by atoms with Gasteiger partial charge in [-0.3, -0.25) is 4.79 Å². The first-order chi connectivity index (χ1) is 6.64. The van der Waals surface area contributed by atoms with Crippen molar-refractivity contribution in [1.29, 1.82) is 0 Å². The van der Waals surface area contributed by atoms with Crippen LogP contribution in [0.15, 0.2) is 0 Å². The van der Waals surface area contributed by atoms with Gasteiger partial charge in [-0.05, 0) is 27.7 Å². The predicted octanol–water partition coefficient (Wildman–Crippen LogP) is 1.16. The summed E-state index contributed by atoms with van der Waals surface area (Å²) >= 11 is 0. The minimum Gasteiger partial charge on any atom is -0.450 e. The second-order valence-electron chi connectivity index (χ2n) is 3.95. The summed E-state index contributed by atoms with van der Waals surface area (Å²) in [6.07, 6.45) is -1.19. The van der Waals surface area contributed by atoms with Crippen molar-refractivity contribution >= 4 is 20.2 Å². The minimum atomic E-state index is -3.02. The summed E-state index contributed by atoms with van der Waals surface area (Å²) in [5.74, 6) is -1.63. The minimum absolute atomic E-state index is 0.583. The molecule has 0 aromatic heterocycles. The van der Waals surface area contributed by atoms with Gasteiger partial charge in [-0.15, -0.1) is 4.89 Å². The lowest BCUT2D eigenvalue weighted by atomic mass is 9.97. The predicted molar refractivity (Wildman–Crippen MR) is 50.9 cm³/mol. The third-order valence-electron chi connectivity index (χ3n) is 1.40. The largest absolute Gasteiger partial charge is 0.750 e. The topological polar surface area (TPSA) is 89.9 Å². The molecule has 0 saturated heterocycles. The molecule has 0 fully saturated rings. The Labute approximate surface area is 88.5 Å². The highest BCUT2D eigenvalue weighted by atomic mass is 31.1. The molecule has 7 heteroatoms. The molecule has 0 aromatic rings. The van der Waals surface area contributed by atoms with Crippen molar-refractivity contribution in [1.82, 2.24) is 0 Å². The maximum absolute atomic E-state index is 11.3. The van der Waals surface area contributed by atoms with Gasteiger partial charge in [0.2, 0.25) is 6.10 Å². The molecule has 2 atom stereocenters. The first-order valence-electron chi connectivity index (χ1n) is 4.23. The number of carbonyl (C=O) groups is 2. The molecule has 0 aromatic carbocycles. The lowest BCUT2D eigenvalue weighted by molar-refractivity contribution is -0.167. The van der Waals surface area contributed by atoms with Crippen molar-refractivity contribution in [3.05, 3.63) is 0 Å². The van der Waals surface area contributed by atoms with Gasteiger partial charge in [0.15, 0.2) is 0 Å². The Morgan fingerprint density at radius 1 is 1.33 bits per heavy atom. The van der Waals surface area contributed by atoms with E-state index in [1.807, 2.05) is 0 Å². The number of carbonyl (C=O) groups excluding carboxylic acids is 2. The summed E-state index contributed by atoms with van der Waals surface area (Å²) in [7, 11) is -3.02. The molecule has 0 saturated carbocycles. The molecule has 0 spiro atoms. The van der Waals surface area contributed by atoms with Crippen LogP contribution in [0.25, 0.3) is 0 Å². The van der Waals surface area contributed by atoms with E-state index in [-0.39, 0.29) is 0 Å². The zero-order chi connectivity index (χ0) is 12.2. The normalized spacial score (nSPS) is 14.1. The van der Waals surface area contributed by atoms with Gasteiger partial charge in [0.05, 0.1) is 5.41 Å². The molecule has 0 aliphatic heterocycles.